The van der Waals surface area contributed by atoms with Gasteiger partial charge in [0.2, 0.25) is 0 Å². The number of sulfonamides is 1. The van der Waals surface area contributed by atoms with Gasteiger partial charge in [-0.3, -0.25) is 9.52 Å². The van der Waals surface area contributed by atoms with Crippen LogP contribution in [0.5, 0.6) is 0 Å². The van der Waals surface area contributed by atoms with Gasteiger partial charge in [-0.15, -0.1) is 0 Å². The predicted molar refractivity (Wildman–Crippen MR) is 124 cm³/mol. The van der Waals surface area contributed by atoms with Crippen LogP contribution in [0.4, 0.5) is 11.4 Å². The van der Waals surface area contributed by atoms with Crippen LogP contribution in [0, 0.1) is 13.8 Å². The molecule has 0 aliphatic heterocycles. The summed E-state index contributed by atoms with van der Waals surface area (Å²) in [6.07, 6.45) is 1.78. The number of carbonyl (C=O) groups is 1. The molecule has 1 aromatic heterocycles. The van der Waals surface area contributed by atoms with Crippen molar-refractivity contribution >= 4 is 38.2 Å². The minimum atomic E-state index is -3.73. The van der Waals surface area contributed by atoms with E-state index in [1.54, 1.807) is 30.5 Å². The lowest BCUT2D eigenvalue weighted by Gasteiger charge is -2.11. The number of rotatable bonds is 5. The van der Waals surface area contributed by atoms with E-state index in [0.29, 0.717) is 16.9 Å². The molecule has 7 heteroatoms. The molecule has 6 nitrogen and oxygen atoms in total. The second-order valence-electron chi connectivity index (χ2n) is 7.55. The number of aryl methyl sites for hydroxylation is 3. The molecule has 0 spiro atoms. The molecule has 0 unspecified atom stereocenters. The fourth-order valence-electron chi connectivity index (χ4n) is 3.46. The largest absolute Gasteiger partial charge is 0.350 e. The zero-order valence-corrected chi connectivity index (χ0v) is 18.3. The summed E-state index contributed by atoms with van der Waals surface area (Å²) in [6.45, 7) is 3.90. The number of nitrogens with one attached hydrogen (secondary N) is 2. The Morgan fingerprint density at radius 2 is 1.55 bits per heavy atom. The van der Waals surface area contributed by atoms with Crippen molar-refractivity contribution in [1.29, 1.82) is 0 Å². The lowest BCUT2D eigenvalue weighted by Crippen LogP contribution is -2.14. The molecule has 0 aliphatic carbocycles. The number of hydrogen-bond donors (Lipinski definition) is 2. The maximum Gasteiger partial charge on any atom is 0.261 e. The summed E-state index contributed by atoms with van der Waals surface area (Å²) in [7, 11) is -1.84. The van der Waals surface area contributed by atoms with Gasteiger partial charge in [-0.25, -0.2) is 8.42 Å². The first kappa shape index (κ1) is 20.7. The third kappa shape index (κ3) is 4.18. The van der Waals surface area contributed by atoms with Gasteiger partial charge >= 0.3 is 0 Å². The SMILES string of the molecule is Cc1ccc(NS(=O)(=O)c2ccc(NC(=O)c3cn(C)c4ccccc34)cc2)cc1C. The maximum absolute atomic E-state index is 12.8. The predicted octanol–water partition coefficient (Wildman–Crippen LogP) is 4.85. The van der Waals surface area contributed by atoms with Gasteiger partial charge in [0.05, 0.1) is 10.5 Å². The molecular formula is C24H23N3O3S. The maximum atomic E-state index is 12.8. The molecule has 2 N–H and O–H groups in total. The molecular weight excluding hydrogens is 410 g/mol. The average molecular weight is 434 g/mol. The van der Waals surface area contributed by atoms with Crippen LogP contribution in [0.3, 0.4) is 0 Å². The molecule has 1 heterocycles. The smallest absolute Gasteiger partial charge is 0.261 e. The summed E-state index contributed by atoms with van der Waals surface area (Å²) < 4.78 is 29.9. The highest BCUT2D eigenvalue weighted by atomic mass is 32.2. The molecule has 0 aliphatic rings. The van der Waals surface area contributed by atoms with E-state index in [4.69, 9.17) is 0 Å². The number of benzene rings is 3. The van der Waals surface area contributed by atoms with Gasteiger partial charge in [0, 0.05) is 35.5 Å². The second kappa shape index (κ2) is 7.92. The summed E-state index contributed by atoms with van der Waals surface area (Å²) in [6, 6.07) is 19.2. The molecule has 0 saturated carbocycles. The van der Waals surface area contributed by atoms with Gasteiger partial charge in [-0.1, -0.05) is 24.3 Å². The van der Waals surface area contributed by atoms with Crippen molar-refractivity contribution in [2.24, 2.45) is 7.05 Å². The van der Waals surface area contributed by atoms with Crippen molar-refractivity contribution in [3.63, 3.8) is 0 Å². The lowest BCUT2D eigenvalue weighted by molar-refractivity contribution is 0.102. The Balaban J connectivity index is 1.52. The Labute approximate surface area is 181 Å². The molecule has 4 aromatic rings. The van der Waals surface area contributed by atoms with Gasteiger partial charge in [0.1, 0.15) is 0 Å². The van der Waals surface area contributed by atoms with E-state index in [1.807, 2.05) is 55.8 Å². The number of anilines is 2. The number of fused-ring (bicyclic) bond motifs is 1. The van der Waals surface area contributed by atoms with Crippen LogP contribution in [0.2, 0.25) is 0 Å². The zero-order valence-electron chi connectivity index (χ0n) is 17.5. The Kier molecular flexibility index (Phi) is 5.29. The number of hydrogen-bond acceptors (Lipinski definition) is 3. The van der Waals surface area contributed by atoms with Crippen molar-refractivity contribution < 1.29 is 13.2 Å². The number of nitrogens with zero attached hydrogens (tertiary/aromatic N) is 1. The van der Waals surface area contributed by atoms with Crippen molar-refractivity contribution in [3.8, 4) is 0 Å². The number of aromatic nitrogens is 1. The third-order valence-corrected chi connectivity index (χ3v) is 6.72. The average Bonchev–Trinajstić information content (AvgIpc) is 3.08. The number of carbonyl (C=O) groups excluding carboxylic acids is 1. The molecule has 31 heavy (non-hydrogen) atoms. The lowest BCUT2D eigenvalue weighted by atomic mass is 10.1. The van der Waals surface area contributed by atoms with E-state index in [9.17, 15) is 13.2 Å². The standard InChI is InChI=1S/C24H23N3O3S/c1-16-8-9-19(14-17(16)2)26-31(29,30)20-12-10-18(11-13-20)25-24(28)22-15-27(3)23-7-5-4-6-21(22)23/h4-15,26H,1-3H3,(H,25,28). The number of para-hydroxylation sites is 1. The highest BCUT2D eigenvalue weighted by Crippen LogP contribution is 2.23. The van der Waals surface area contributed by atoms with Gasteiger partial charge in [0.15, 0.2) is 0 Å². The van der Waals surface area contributed by atoms with Crippen LogP contribution in [0.25, 0.3) is 10.9 Å². The third-order valence-electron chi connectivity index (χ3n) is 5.32. The first-order valence-corrected chi connectivity index (χ1v) is 11.3. The molecule has 0 atom stereocenters. The van der Waals surface area contributed by atoms with Crippen molar-refractivity contribution in [1.82, 2.24) is 4.57 Å². The minimum Gasteiger partial charge on any atom is -0.350 e. The van der Waals surface area contributed by atoms with Crippen LogP contribution in [0.15, 0.2) is 77.8 Å². The fraction of sp³-hybridized carbons (Fsp3) is 0.125. The molecule has 0 radical (unpaired) electrons. The van der Waals surface area contributed by atoms with Crippen LogP contribution < -0.4 is 10.0 Å². The van der Waals surface area contributed by atoms with Crippen molar-refractivity contribution in [2.45, 2.75) is 18.7 Å². The minimum absolute atomic E-state index is 0.119. The Hall–Kier alpha value is -3.58. The van der Waals surface area contributed by atoms with E-state index >= 15 is 0 Å². The second-order valence-corrected chi connectivity index (χ2v) is 9.24. The zero-order chi connectivity index (χ0) is 22.2. The Morgan fingerprint density at radius 3 is 2.26 bits per heavy atom. The quantitative estimate of drug-likeness (QED) is 0.472. The topological polar surface area (TPSA) is 80.2 Å². The summed E-state index contributed by atoms with van der Waals surface area (Å²) in [4.78, 5) is 12.9. The molecule has 3 aromatic carbocycles. The van der Waals surface area contributed by atoms with Gasteiger partial charge in [0.25, 0.3) is 15.9 Å². The summed E-state index contributed by atoms with van der Waals surface area (Å²) in [5.74, 6) is -0.249. The highest BCUT2D eigenvalue weighted by molar-refractivity contribution is 7.92. The fourth-order valence-corrected chi connectivity index (χ4v) is 4.51. The highest BCUT2D eigenvalue weighted by Gasteiger charge is 2.16. The van der Waals surface area contributed by atoms with Crippen LogP contribution >= 0.6 is 0 Å². The van der Waals surface area contributed by atoms with Crippen LogP contribution in [-0.2, 0) is 17.1 Å². The molecule has 0 fully saturated rings. The molecule has 4 rings (SSSR count). The molecule has 1 amide bonds. The Morgan fingerprint density at radius 1 is 0.871 bits per heavy atom. The van der Waals surface area contributed by atoms with E-state index in [2.05, 4.69) is 10.0 Å². The molecule has 158 valence electrons. The van der Waals surface area contributed by atoms with E-state index in [1.165, 1.54) is 12.1 Å². The normalized spacial score (nSPS) is 11.5. The van der Waals surface area contributed by atoms with Gasteiger partial charge in [-0.05, 0) is 67.4 Å². The van der Waals surface area contributed by atoms with Crippen LogP contribution in [-0.4, -0.2) is 18.9 Å². The van der Waals surface area contributed by atoms with Gasteiger partial charge in [-0.2, -0.15) is 0 Å². The van der Waals surface area contributed by atoms with Crippen LogP contribution in [0.1, 0.15) is 21.5 Å². The monoisotopic (exact) mass is 433 g/mol. The summed E-state index contributed by atoms with van der Waals surface area (Å²) >= 11 is 0. The Bertz CT molecular complexity index is 1390. The van der Waals surface area contributed by atoms with Crippen molar-refractivity contribution in [3.05, 3.63) is 89.6 Å². The number of amides is 1. The first-order valence-electron chi connectivity index (χ1n) is 9.80. The van der Waals surface area contributed by atoms with E-state index in [0.717, 1.165) is 22.0 Å². The van der Waals surface area contributed by atoms with E-state index < -0.39 is 10.0 Å². The summed E-state index contributed by atoms with van der Waals surface area (Å²) in [5.41, 5.74) is 4.65. The van der Waals surface area contributed by atoms with Crippen molar-refractivity contribution in [2.75, 3.05) is 10.0 Å². The first-order chi connectivity index (χ1) is 14.7. The van der Waals surface area contributed by atoms with Gasteiger partial charge < -0.3 is 9.88 Å². The molecule has 0 bridgehead atoms. The summed E-state index contributed by atoms with van der Waals surface area (Å²) in [5, 5.41) is 3.70. The molecule has 0 saturated heterocycles. The van der Waals surface area contributed by atoms with E-state index in [-0.39, 0.29) is 10.8 Å².